The van der Waals surface area contributed by atoms with Gasteiger partial charge >= 0.3 is 0 Å². The molecule has 0 aliphatic heterocycles. The monoisotopic (exact) mass is 487 g/mol. The van der Waals surface area contributed by atoms with E-state index >= 15 is 0 Å². The molecule has 0 bridgehead atoms. The largest absolute Gasteiger partial charge is 0.378 e. The lowest BCUT2D eigenvalue weighted by atomic mass is 10.0. The minimum absolute atomic E-state index is 0.935. The van der Waals surface area contributed by atoms with E-state index in [-0.39, 0.29) is 0 Å². The first-order chi connectivity index (χ1) is 10.5. The van der Waals surface area contributed by atoms with E-state index in [1.165, 1.54) is 27.8 Å². The Morgan fingerprint density at radius 1 is 1.32 bits per heavy atom. The molecule has 3 rings (SSSR count). The molecule has 0 atom stereocenters. The van der Waals surface area contributed by atoms with Crippen LogP contribution in [-0.2, 0) is 0 Å². The second-order valence-corrected chi connectivity index (χ2v) is 8.04. The summed E-state index contributed by atoms with van der Waals surface area (Å²) in [5, 5.41) is 2.32. The van der Waals surface area contributed by atoms with Crippen molar-refractivity contribution in [2.75, 3.05) is 19.0 Å². The Balaban J connectivity index is 2.34. The summed E-state index contributed by atoms with van der Waals surface area (Å²) in [4.78, 5) is 10.1. The van der Waals surface area contributed by atoms with Crippen LogP contribution >= 0.6 is 46.1 Å². The molecule has 3 aromatic rings. The molecule has 6 heteroatoms. The molecule has 0 fully saturated rings. The predicted octanol–water partition coefficient (Wildman–Crippen LogP) is 5.81. The minimum atomic E-state index is 0.935. The Bertz CT molecular complexity index is 845. The highest BCUT2D eigenvalue weighted by molar-refractivity contribution is 14.2. The van der Waals surface area contributed by atoms with Gasteiger partial charge in [0.05, 0.1) is 5.03 Å². The molecule has 1 aromatic carbocycles. The SMILES string of the molecule is Cc1c(Br)cnc2[nH]c(SI)c(-c3cccc(N(C)C)c3)c12. The Morgan fingerprint density at radius 3 is 2.77 bits per heavy atom. The van der Waals surface area contributed by atoms with Crippen LogP contribution in [0.1, 0.15) is 5.56 Å². The Labute approximate surface area is 154 Å². The maximum Gasteiger partial charge on any atom is 0.139 e. The summed E-state index contributed by atoms with van der Waals surface area (Å²) >= 11 is 5.92. The molecule has 0 radical (unpaired) electrons. The molecule has 22 heavy (non-hydrogen) atoms. The lowest BCUT2D eigenvalue weighted by Gasteiger charge is -2.14. The number of halogens is 2. The van der Waals surface area contributed by atoms with E-state index in [0.717, 1.165) is 15.1 Å². The third kappa shape index (κ3) is 2.76. The number of nitrogens with one attached hydrogen (secondary N) is 1. The average Bonchev–Trinajstić information content (AvgIpc) is 2.90. The van der Waals surface area contributed by atoms with Gasteiger partial charge in [0.1, 0.15) is 5.65 Å². The van der Waals surface area contributed by atoms with Crippen LogP contribution in [0.3, 0.4) is 0 Å². The summed E-state index contributed by atoms with van der Waals surface area (Å²) in [5.74, 6) is 0. The van der Waals surface area contributed by atoms with Gasteiger partial charge in [0.2, 0.25) is 0 Å². The number of rotatable bonds is 3. The highest BCUT2D eigenvalue weighted by atomic mass is 127. The highest BCUT2D eigenvalue weighted by Gasteiger charge is 2.18. The number of aryl methyl sites for hydroxylation is 1. The minimum Gasteiger partial charge on any atom is -0.378 e. The maximum atomic E-state index is 4.52. The number of pyridine rings is 1. The molecule has 2 heterocycles. The van der Waals surface area contributed by atoms with Gasteiger partial charge in [-0.25, -0.2) is 4.98 Å². The standard InChI is InChI=1S/C16H15BrIN3S/c1-9-12(17)8-19-15-13(9)14(16(20-15)22-18)10-5-4-6-11(7-10)21(2)3/h4-8H,1-3H3,(H,19,20). The van der Waals surface area contributed by atoms with Crippen molar-refractivity contribution in [2.24, 2.45) is 0 Å². The fraction of sp³-hybridized carbons (Fsp3) is 0.188. The van der Waals surface area contributed by atoms with Gasteiger partial charge in [-0.2, -0.15) is 0 Å². The van der Waals surface area contributed by atoms with E-state index in [4.69, 9.17) is 0 Å². The summed E-state index contributed by atoms with van der Waals surface area (Å²) in [5.41, 5.74) is 5.77. The van der Waals surface area contributed by atoms with Gasteiger partial charge < -0.3 is 9.88 Å². The molecule has 0 saturated heterocycles. The zero-order valence-electron chi connectivity index (χ0n) is 12.4. The summed E-state index contributed by atoms with van der Waals surface area (Å²) in [6.07, 6.45) is 1.86. The van der Waals surface area contributed by atoms with Crippen molar-refractivity contribution in [3.63, 3.8) is 0 Å². The third-order valence-electron chi connectivity index (χ3n) is 3.71. The Morgan fingerprint density at radius 2 is 2.09 bits per heavy atom. The van der Waals surface area contributed by atoms with Crippen LogP contribution in [0.5, 0.6) is 0 Å². The first kappa shape index (κ1) is 16.1. The van der Waals surface area contributed by atoms with Gasteiger partial charge in [0.15, 0.2) is 0 Å². The smallest absolute Gasteiger partial charge is 0.139 e. The van der Waals surface area contributed by atoms with Gasteiger partial charge in [0.25, 0.3) is 0 Å². The van der Waals surface area contributed by atoms with E-state index in [9.17, 15) is 0 Å². The summed E-state index contributed by atoms with van der Waals surface area (Å²) in [6.45, 7) is 2.13. The van der Waals surface area contributed by atoms with Crippen molar-refractivity contribution >= 4 is 62.8 Å². The zero-order valence-corrected chi connectivity index (χ0v) is 17.0. The predicted molar refractivity (Wildman–Crippen MR) is 108 cm³/mol. The number of nitrogens with zero attached hydrogens (tertiary/aromatic N) is 2. The van der Waals surface area contributed by atoms with E-state index in [0.29, 0.717) is 0 Å². The van der Waals surface area contributed by atoms with Crippen molar-refractivity contribution in [3.05, 3.63) is 40.5 Å². The number of aromatic amines is 1. The maximum absolute atomic E-state index is 4.52. The molecular weight excluding hydrogens is 473 g/mol. The fourth-order valence-electron chi connectivity index (χ4n) is 2.54. The molecule has 114 valence electrons. The molecule has 0 unspecified atom stereocenters. The molecule has 0 aliphatic carbocycles. The number of H-pyrrole nitrogens is 1. The quantitative estimate of drug-likeness (QED) is 0.473. The van der Waals surface area contributed by atoms with Crippen molar-refractivity contribution in [3.8, 4) is 11.1 Å². The van der Waals surface area contributed by atoms with Crippen molar-refractivity contribution in [1.29, 1.82) is 0 Å². The van der Waals surface area contributed by atoms with Gasteiger partial charge in [-0.15, -0.1) is 0 Å². The van der Waals surface area contributed by atoms with Gasteiger partial charge in [-0.05, 0) is 55.0 Å². The van der Waals surface area contributed by atoms with E-state index in [2.05, 4.69) is 97.3 Å². The van der Waals surface area contributed by atoms with Gasteiger partial charge in [0, 0.05) is 62.6 Å². The Hall–Kier alpha value is -0.730. The lowest BCUT2D eigenvalue weighted by Crippen LogP contribution is -2.08. The zero-order chi connectivity index (χ0) is 15.9. The van der Waals surface area contributed by atoms with Crippen LogP contribution in [0.2, 0.25) is 0 Å². The van der Waals surface area contributed by atoms with Crippen molar-refractivity contribution < 1.29 is 0 Å². The summed E-state index contributed by atoms with van der Waals surface area (Å²) < 4.78 is 1.04. The molecule has 2 aromatic heterocycles. The van der Waals surface area contributed by atoms with Crippen LogP contribution in [0.15, 0.2) is 40.0 Å². The molecular formula is C16H15BrIN3S. The number of benzene rings is 1. The summed E-state index contributed by atoms with van der Waals surface area (Å²) in [6, 6.07) is 8.60. The second-order valence-electron chi connectivity index (χ2n) is 5.31. The van der Waals surface area contributed by atoms with E-state index in [1.807, 2.05) is 6.20 Å². The fourth-order valence-corrected chi connectivity index (χ4v) is 4.26. The van der Waals surface area contributed by atoms with Crippen LogP contribution in [0.4, 0.5) is 5.69 Å². The first-order valence-electron chi connectivity index (χ1n) is 6.76. The number of fused-ring (bicyclic) bond motifs is 1. The molecule has 3 nitrogen and oxygen atoms in total. The van der Waals surface area contributed by atoms with Crippen molar-refractivity contribution in [1.82, 2.24) is 9.97 Å². The third-order valence-corrected chi connectivity index (χ3v) is 6.30. The number of aromatic nitrogens is 2. The Kier molecular flexibility index (Phi) is 4.70. The van der Waals surface area contributed by atoms with Crippen molar-refractivity contribution in [2.45, 2.75) is 11.9 Å². The van der Waals surface area contributed by atoms with E-state index in [1.54, 1.807) is 8.93 Å². The normalized spacial score (nSPS) is 11.1. The molecule has 0 amide bonds. The van der Waals surface area contributed by atoms with Crippen LogP contribution in [0, 0.1) is 6.92 Å². The summed E-state index contributed by atoms with van der Waals surface area (Å²) in [7, 11) is 5.81. The van der Waals surface area contributed by atoms with Gasteiger partial charge in [-0.1, -0.05) is 12.1 Å². The topological polar surface area (TPSA) is 31.9 Å². The number of hydrogen-bond acceptors (Lipinski definition) is 3. The molecule has 0 spiro atoms. The molecule has 1 N–H and O–H groups in total. The van der Waals surface area contributed by atoms with E-state index < -0.39 is 0 Å². The first-order valence-corrected chi connectivity index (χ1v) is 10.9. The second kappa shape index (κ2) is 6.41. The molecule has 0 saturated carbocycles. The lowest BCUT2D eigenvalue weighted by molar-refractivity contribution is 1.13. The average molecular weight is 488 g/mol. The van der Waals surface area contributed by atoms with Crippen LogP contribution in [0.25, 0.3) is 22.2 Å². The number of hydrogen-bond donors (Lipinski definition) is 1. The van der Waals surface area contributed by atoms with Crippen LogP contribution in [-0.4, -0.2) is 24.1 Å². The van der Waals surface area contributed by atoms with Crippen LogP contribution < -0.4 is 4.90 Å². The van der Waals surface area contributed by atoms with Gasteiger partial charge in [-0.3, -0.25) is 0 Å². The number of anilines is 1. The molecule has 0 aliphatic rings. The highest BCUT2D eigenvalue weighted by Crippen LogP contribution is 2.42.